The molecule has 1 aliphatic heterocycles. The van der Waals surface area contributed by atoms with Crippen LogP contribution >= 0.6 is 11.3 Å². The van der Waals surface area contributed by atoms with E-state index in [0.717, 1.165) is 57.1 Å². The Hall–Kier alpha value is -2.16. The van der Waals surface area contributed by atoms with Crippen LogP contribution in [0.3, 0.4) is 0 Å². The van der Waals surface area contributed by atoms with Crippen molar-refractivity contribution >= 4 is 28.5 Å². The van der Waals surface area contributed by atoms with Gasteiger partial charge in [0.15, 0.2) is 0 Å². The summed E-state index contributed by atoms with van der Waals surface area (Å²) in [5, 5.41) is 6.63. The highest BCUT2D eigenvalue weighted by molar-refractivity contribution is 7.14. The van der Waals surface area contributed by atoms with Gasteiger partial charge in [0.1, 0.15) is 11.6 Å². The second-order valence-corrected chi connectivity index (χ2v) is 7.23. The number of nitrogens with zero attached hydrogens (tertiary/aromatic N) is 4. The summed E-state index contributed by atoms with van der Waals surface area (Å²) in [6, 6.07) is 7.91. The minimum atomic E-state index is 0.500. The summed E-state index contributed by atoms with van der Waals surface area (Å²) in [5.41, 5.74) is 9.42. The number of likely N-dealkylation sites (N-methyl/N-ethyl adjacent to an activating group) is 1. The molecule has 8 heteroatoms. The van der Waals surface area contributed by atoms with Gasteiger partial charge in [-0.2, -0.15) is 5.10 Å². The summed E-state index contributed by atoms with van der Waals surface area (Å²) in [5.74, 6) is 1.37. The number of aromatic nitrogens is 1. The molecule has 0 saturated carbocycles. The number of nitrogens with two attached hydrogens (primary N) is 1. The number of ether oxygens (including phenoxy) is 1. The molecule has 0 bridgehead atoms. The molecule has 3 rings (SSSR count). The first-order valence-corrected chi connectivity index (χ1v) is 9.71. The Kier molecular flexibility index (Phi) is 6.82. The maximum atomic E-state index is 5.88. The third-order valence-electron chi connectivity index (χ3n) is 4.24. The van der Waals surface area contributed by atoms with Crippen molar-refractivity contribution in [2.75, 3.05) is 57.5 Å². The smallest absolute Gasteiger partial charge is 0.205 e. The number of hydrogen-bond donors (Lipinski definition) is 2. The van der Waals surface area contributed by atoms with Gasteiger partial charge in [-0.05, 0) is 31.2 Å². The molecule has 0 aliphatic carbocycles. The first-order valence-electron chi connectivity index (χ1n) is 8.83. The molecule has 1 aromatic carbocycles. The van der Waals surface area contributed by atoms with Crippen LogP contribution in [0, 0.1) is 0 Å². The molecule has 26 heavy (non-hydrogen) atoms. The van der Waals surface area contributed by atoms with Crippen molar-refractivity contribution in [3.63, 3.8) is 0 Å². The van der Waals surface area contributed by atoms with Crippen LogP contribution in [0.25, 0.3) is 0 Å². The number of piperazine rings is 1. The van der Waals surface area contributed by atoms with E-state index in [1.165, 1.54) is 11.3 Å². The van der Waals surface area contributed by atoms with Gasteiger partial charge in [0.25, 0.3) is 0 Å². The van der Waals surface area contributed by atoms with Crippen LogP contribution < -0.4 is 15.9 Å². The Bertz CT molecular complexity index is 711. The van der Waals surface area contributed by atoms with Crippen molar-refractivity contribution in [3.05, 3.63) is 35.2 Å². The lowest BCUT2D eigenvalue weighted by molar-refractivity contribution is 0.145. The van der Waals surface area contributed by atoms with Crippen LogP contribution in [0.4, 0.5) is 10.9 Å². The molecule has 3 N–H and O–H groups in total. The zero-order chi connectivity index (χ0) is 18.2. The lowest BCUT2D eigenvalue weighted by Crippen LogP contribution is -2.44. The average molecular weight is 375 g/mol. The highest BCUT2D eigenvalue weighted by atomic mass is 32.1. The van der Waals surface area contributed by atoms with Gasteiger partial charge in [0.05, 0.1) is 12.8 Å². The van der Waals surface area contributed by atoms with Gasteiger partial charge in [-0.1, -0.05) is 12.1 Å². The van der Waals surface area contributed by atoms with Crippen LogP contribution in [0.15, 0.2) is 34.7 Å². The molecule has 0 atom stereocenters. The molecular formula is C18H26N6OS. The molecule has 0 radical (unpaired) electrons. The van der Waals surface area contributed by atoms with Crippen LogP contribution in [-0.4, -0.2) is 67.4 Å². The van der Waals surface area contributed by atoms with Crippen LogP contribution in [0.5, 0.6) is 5.75 Å². The average Bonchev–Trinajstić information content (AvgIpc) is 3.06. The topological polar surface area (TPSA) is 79.0 Å². The molecule has 1 fully saturated rings. The summed E-state index contributed by atoms with van der Waals surface area (Å²) >= 11 is 1.42. The molecule has 1 saturated heterocycles. The molecule has 2 heterocycles. The predicted molar refractivity (Wildman–Crippen MR) is 108 cm³/mol. The van der Waals surface area contributed by atoms with Gasteiger partial charge in [-0.15, -0.1) is 11.3 Å². The fourth-order valence-electron chi connectivity index (χ4n) is 2.73. The summed E-state index contributed by atoms with van der Waals surface area (Å²) in [6.45, 7) is 6.44. The van der Waals surface area contributed by atoms with Gasteiger partial charge in [-0.3, -0.25) is 5.43 Å². The minimum Gasteiger partial charge on any atom is -0.494 e. The number of thiazole rings is 1. The maximum Gasteiger partial charge on any atom is 0.205 e. The largest absolute Gasteiger partial charge is 0.494 e. The zero-order valence-corrected chi connectivity index (χ0v) is 15.9. The van der Waals surface area contributed by atoms with Gasteiger partial charge in [0, 0.05) is 38.1 Å². The Balaban J connectivity index is 1.39. The molecule has 1 aromatic heterocycles. The third-order valence-corrected chi connectivity index (χ3v) is 5.00. The first-order chi connectivity index (χ1) is 12.7. The summed E-state index contributed by atoms with van der Waals surface area (Å²) in [6.07, 6.45) is 2.78. The van der Waals surface area contributed by atoms with E-state index >= 15 is 0 Å². The number of rotatable bonds is 8. The molecule has 1 aliphatic rings. The SMILES string of the molecule is CN1CCN(CCCOc2cccc(C=NNc3nc(N)cs3)c2)CC1. The first kappa shape index (κ1) is 18.6. The van der Waals surface area contributed by atoms with Crippen molar-refractivity contribution in [2.45, 2.75) is 6.42 Å². The fraction of sp³-hybridized carbons (Fsp3) is 0.444. The van der Waals surface area contributed by atoms with Crippen LogP contribution in [0.2, 0.25) is 0 Å². The van der Waals surface area contributed by atoms with Gasteiger partial charge < -0.3 is 20.3 Å². The quantitative estimate of drug-likeness (QED) is 0.419. The van der Waals surface area contributed by atoms with Crippen molar-refractivity contribution in [1.29, 1.82) is 0 Å². The highest BCUT2D eigenvalue weighted by Crippen LogP contribution is 2.16. The van der Waals surface area contributed by atoms with Crippen molar-refractivity contribution < 1.29 is 4.74 Å². The minimum absolute atomic E-state index is 0.500. The van der Waals surface area contributed by atoms with Crippen molar-refractivity contribution in [3.8, 4) is 5.75 Å². The summed E-state index contributed by atoms with van der Waals surface area (Å²) in [4.78, 5) is 8.97. The molecular weight excluding hydrogens is 348 g/mol. The van der Waals surface area contributed by atoms with E-state index in [0.29, 0.717) is 10.9 Å². The maximum absolute atomic E-state index is 5.88. The second kappa shape index (κ2) is 9.51. The van der Waals surface area contributed by atoms with Gasteiger partial charge >= 0.3 is 0 Å². The Morgan fingerprint density at radius 1 is 1.35 bits per heavy atom. The molecule has 7 nitrogen and oxygen atoms in total. The number of hydrazone groups is 1. The van der Waals surface area contributed by atoms with E-state index in [-0.39, 0.29) is 0 Å². The lowest BCUT2D eigenvalue weighted by Gasteiger charge is -2.32. The van der Waals surface area contributed by atoms with Gasteiger partial charge in [-0.25, -0.2) is 4.98 Å². The predicted octanol–water partition coefficient (Wildman–Crippen LogP) is 2.19. The monoisotopic (exact) mass is 374 g/mol. The summed E-state index contributed by atoms with van der Waals surface area (Å²) < 4.78 is 5.88. The Morgan fingerprint density at radius 3 is 2.96 bits per heavy atom. The number of hydrogen-bond acceptors (Lipinski definition) is 8. The Labute approximate surface area is 158 Å². The van der Waals surface area contributed by atoms with Crippen LogP contribution in [-0.2, 0) is 0 Å². The normalized spacial score (nSPS) is 16.2. The molecule has 0 amide bonds. The molecule has 0 spiro atoms. The number of nitrogens with one attached hydrogen (secondary N) is 1. The van der Waals surface area contributed by atoms with E-state index < -0.39 is 0 Å². The number of anilines is 2. The number of nitrogen functional groups attached to an aromatic ring is 1. The van der Waals surface area contributed by atoms with E-state index in [2.05, 4.69) is 32.4 Å². The summed E-state index contributed by atoms with van der Waals surface area (Å²) in [7, 11) is 2.18. The third kappa shape index (κ3) is 5.98. The van der Waals surface area contributed by atoms with Crippen LogP contribution in [0.1, 0.15) is 12.0 Å². The zero-order valence-electron chi connectivity index (χ0n) is 15.1. The molecule has 140 valence electrons. The van der Waals surface area contributed by atoms with E-state index in [1.807, 2.05) is 24.3 Å². The van der Waals surface area contributed by atoms with Crippen molar-refractivity contribution in [2.24, 2.45) is 5.10 Å². The number of benzene rings is 1. The van der Waals surface area contributed by atoms with Crippen molar-refractivity contribution in [1.82, 2.24) is 14.8 Å². The second-order valence-electron chi connectivity index (χ2n) is 6.37. The lowest BCUT2D eigenvalue weighted by atomic mass is 10.2. The van der Waals surface area contributed by atoms with E-state index in [9.17, 15) is 0 Å². The van der Waals surface area contributed by atoms with Gasteiger partial charge in [0.2, 0.25) is 5.13 Å². The Morgan fingerprint density at radius 2 is 2.19 bits per heavy atom. The standard InChI is InChI=1S/C18H26N6OS/c1-23-7-9-24(10-8-23)6-3-11-25-16-5-2-4-15(12-16)13-20-22-18-21-17(19)14-26-18/h2,4-5,12-14H,3,6-11,19H2,1H3,(H,21,22). The fourth-order valence-corrected chi connectivity index (χ4v) is 3.28. The van der Waals surface area contributed by atoms with E-state index in [4.69, 9.17) is 10.5 Å². The van der Waals surface area contributed by atoms with E-state index in [1.54, 1.807) is 11.6 Å². The molecule has 0 unspecified atom stereocenters. The molecule has 2 aromatic rings. The highest BCUT2D eigenvalue weighted by Gasteiger charge is 2.12.